The molecule has 0 radical (unpaired) electrons. The Kier molecular flexibility index (Phi) is 5.47. The van der Waals surface area contributed by atoms with Gasteiger partial charge in [-0.1, -0.05) is 13.5 Å². The van der Waals surface area contributed by atoms with Crippen molar-refractivity contribution >= 4 is 23.0 Å². The summed E-state index contributed by atoms with van der Waals surface area (Å²) >= 11 is 1.40. The van der Waals surface area contributed by atoms with Crippen LogP contribution >= 0.6 is 11.8 Å². The highest BCUT2D eigenvalue weighted by atomic mass is 32.2. The molecule has 1 atom stereocenters. The van der Waals surface area contributed by atoms with E-state index in [0.29, 0.717) is 5.04 Å². The van der Waals surface area contributed by atoms with Crippen LogP contribution in [-0.4, -0.2) is 41.0 Å². The minimum absolute atomic E-state index is 0.145. The first-order chi connectivity index (χ1) is 10.5. The summed E-state index contributed by atoms with van der Waals surface area (Å²) in [5.41, 5.74) is 11.8. The maximum atomic E-state index is 8.12. The van der Waals surface area contributed by atoms with Gasteiger partial charge in [-0.3, -0.25) is 10.8 Å². The molecule has 2 heterocycles. The summed E-state index contributed by atoms with van der Waals surface area (Å²) in [6, 6.07) is 0. The van der Waals surface area contributed by atoms with Crippen molar-refractivity contribution < 1.29 is 0 Å². The van der Waals surface area contributed by atoms with Gasteiger partial charge in [-0.2, -0.15) is 5.10 Å². The van der Waals surface area contributed by atoms with Crippen molar-refractivity contribution in [2.75, 3.05) is 19.3 Å². The number of nitrogens with one attached hydrogen (secondary N) is 2. The van der Waals surface area contributed by atoms with Gasteiger partial charge in [0.15, 0.2) is 0 Å². The van der Waals surface area contributed by atoms with E-state index in [1.165, 1.54) is 11.8 Å². The first kappa shape index (κ1) is 16.8. The number of nitrogens with two attached hydrogens (primary N) is 1. The number of hydrogen-bond acceptors (Lipinski definition) is 6. The fourth-order valence-corrected chi connectivity index (χ4v) is 3.24. The largest absolute Gasteiger partial charge is 0.369 e. The summed E-state index contributed by atoms with van der Waals surface area (Å²) in [6.45, 7) is 8.14. The molecule has 2 rings (SSSR count). The predicted octanol–water partition coefficient (Wildman–Crippen LogP) is 2.44. The number of nitrogens with zero attached hydrogens (tertiary/aromatic N) is 2. The van der Waals surface area contributed by atoms with Gasteiger partial charge in [0.2, 0.25) is 0 Å². The molecule has 2 aliphatic rings. The molecule has 1 saturated heterocycles. The van der Waals surface area contributed by atoms with Crippen molar-refractivity contribution in [3.8, 4) is 0 Å². The number of rotatable bonds is 3. The van der Waals surface area contributed by atoms with E-state index in [0.717, 1.165) is 49.2 Å². The molecule has 22 heavy (non-hydrogen) atoms. The maximum Gasteiger partial charge on any atom is 0.0961 e. The van der Waals surface area contributed by atoms with Crippen LogP contribution in [0.25, 0.3) is 0 Å². The Labute approximate surface area is 136 Å². The number of allylic oxidation sites excluding steroid dienone is 2. The molecule has 4 N–H and O–H groups in total. The fraction of sp³-hybridized carbons (Fsp3) is 0.500. The van der Waals surface area contributed by atoms with Gasteiger partial charge >= 0.3 is 0 Å². The van der Waals surface area contributed by atoms with Crippen LogP contribution in [0.1, 0.15) is 26.2 Å². The Balaban J connectivity index is 2.30. The van der Waals surface area contributed by atoms with Crippen molar-refractivity contribution in [2.24, 2.45) is 10.8 Å². The molecule has 0 spiro atoms. The van der Waals surface area contributed by atoms with Gasteiger partial charge in [-0.25, -0.2) is 0 Å². The molecule has 1 unspecified atom stereocenters. The molecule has 0 aromatic rings. The molecule has 0 aromatic carbocycles. The molecule has 0 amide bonds. The topological polar surface area (TPSA) is 77.5 Å². The highest BCUT2D eigenvalue weighted by Crippen LogP contribution is 2.30. The highest BCUT2D eigenvalue weighted by Gasteiger charge is 2.32. The van der Waals surface area contributed by atoms with Crippen LogP contribution in [-0.2, 0) is 0 Å². The summed E-state index contributed by atoms with van der Waals surface area (Å²) < 4.78 is 0. The molecule has 6 heteroatoms. The van der Waals surface area contributed by atoms with Gasteiger partial charge in [-0.05, 0) is 31.6 Å². The first-order valence-corrected chi connectivity index (χ1v) is 8.78. The Morgan fingerprint density at radius 3 is 3.09 bits per heavy atom. The van der Waals surface area contributed by atoms with Crippen LogP contribution in [0.5, 0.6) is 0 Å². The number of thioether (sulfide) groups is 1. The smallest absolute Gasteiger partial charge is 0.0961 e. The number of piperidine rings is 1. The Morgan fingerprint density at radius 1 is 1.64 bits per heavy atom. The number of hydrazone groups is 1. The van der Waals surface area contributed by atoms with Crippen molar-refractivity contribution in [2.45, 2.75) is 31.7 Å². The molecule has 1 fully saturated rings. The molecule has 0 aromatic heterocycles. The summed E-state index contributed by atoms with van der Waals surface area (Å²) in [4.78, 5) is 2.29. The maximum absolute atomic E-state index is 8.12. The van der Waals surface area contributed by atoms with Gasteiger partial charge in [0, 0.05) is 47.9 Å². The molecular weight excluding hydrogens is 294 g/mol. The SMILES string of the molecule is C=C1/C(C(=N)SC)=C\N/N=C\C=C/1N1CCCC(N)(CC)C1. The fourth-order valence-electron chi connectivity index (χ4n) is 2.84. The second-order valence-corrected chi connectivity index (χ2v) is 6.59. The van der Waals surface area contributed by atoms with Crippen molar-refractivity contribution in [3.05, 3.63) is 35.7 Å². The lowest BCUT2D eigenvalue weighted by molar-refractivity contribution is 0.184. The Morgan fingerprint density at radius 2 is 2.41 bits per heavy atom. The number of hydrogen-bond donors (Lipinski definition) is 3. The highest BCUT2D eigenvalue weighted by molar-refractivity contribution is 8.13. The van der Waals surface area contributed by atoms with Crippen molar-refractivity contribution in [1.29, 1.82) is 5.41 Å². The van der Waals surface area contributed by atoms with E-state index >= 15 is 0 Å². The molecule has 0 saturated carbocycles. The zero-order valence-electron chi connectivity index (χ0n) is 13.4. The van der Waals surface area contributed by atoms with Crippen LogP contribution < -0.4 is 11.2 Å². The van der Waals surface area contributed by atoms with E-state index in [-0.39, 0.29) is 5.54 Å². The summed E-state index contributed by atoms with van der Waals surface area (Å²) in [7, 11) is 0. The third-order valence-corrected chi connectivity index (χ3v) is 4.95. The molecular formula is C16H25N5S. The summed E-state index contributed by atoms with van der Waals surface area (Å²) in [6.07, 6.45) is 10.4. The summed E-state index contributed by atoms with van der Waals surface area (Å²) in [5, 5.41) is 12.7. The average Bonchev–Trinajstić information content (AvgIpc) is 2.51. The van der Waals surface area contributed by atoms with Crippen LogP contribution in [0, 0.1) is 5.41 Å². The quantitative estimate of drug-likeness (QED) is 0.551. The third-order valence-electron chi connectivity index (χ3n) is 4.33. The van der Waals surface area contributed by atoms with E-state index in [2.05, 4.69) is 28.9 Å². The van der Waals surface area contributed by atoms with Crippen LogP contribution in [0.15, 0.2) is 40.8 Å². The first-order valence-electron chi connectivity index (χ1n) is 7.56. The van der Waals surface area contributed by atoms with Crippen molar-refractivity contribution in [3.63, 3.8) is 0 Å². The Bertz CT molecular complexity index is 549. The monoisotopic (exact) mass is 319 g/mol. The third kappa shape index (κ3) is 3.62. The van der Waals surface area contributed by atoms with Gasteiger partial charge in [0.05, 0.1) is 5.04 Å². The minimum Gasteiger partial charge on any atom is -0.369 e. The number of likely N-dealkylation sites (tertiary alicyclic amines) is 1. The normalized spacial score (nSPS) is 32.0. The van der Waals surface area contributed by atoms with E-state index in [1.807, 2.05) is 12.3 Å². The van der Waals surface area contributed by atoms with E-state index in [1.54, 1.807) is 12.4 Å². The molecule has 2 aliphatic heterocycles. The van der Waals surface area contributed by atoms with Crippen molar-refractivity contribution in [1.82, 2.24) is 10.3 Å². The minimum atomic E-state index is -0.145. The molecule has 0 bridgehead atoms. The lowest BCUT2D eigenvalue weighted by Gasteiger charge is -2.42. The van der Waals surface area contributed by atoms with Gasteiger partial charge in [-0.15, -0.1) is 11.8 Å². The second-order valence-electron chi connectivity index (χ2n) is 5.77. The zero-order valence-corrected chi connectivity index (χ0v) is 14.2. The predicted molar refractivity (Wildman–Crippen MR) is 96.2 cm³/mol. The zero-order chi connectivity index (χ0) is 16.2. The van der Waals surface area contributed by atoms with E-state index in [4.69, 9.17) is 11.1 Å². The van der Waals surface area contributed by atoms with Gasteiger partial charge in [0.25, 0.3) is 0 Å². The van der Waals surface area contributed by atoms with Crippen LogP contribution in [0.4, 0.5) is 0 Å². The standard InChI is InChI=1S/C16H25N5S/c1-4-16(18)7-5-9-21(11-16)14-6-8-19-20-10-13(12(14)2)15(17)22-3/h6,8,10,17,20H,2,4-5,7,9,11,18H2,1,3H3/b13-10+,14-6+,17-15?,19-8-. The second kappa shape index (κ2) is 7.15. The molecule has 5 nitrogen and oxygen atoms in total. The van der Waals surface area contributed by atoms with E-state index < -0.39 is 0 Å². The Hall–Kier alpha value is -1.53. The lowest BCUT2D eigenvalue weighted by atomic mass is 9.86. The van der Waals surface area contributed by atoms with Gasteiger partial charge in [0.1, 0.15) is 0 Å². The molecule has 120 valence electrons. The van der Waals surface area contributed by atoms with Gasteiger partial charge < -0.3 is 10.6 Å². The van der Waals surface area contributed by atoms with Crippen LogP contribution in [0.2, 0.25) is 0 Å². The average molecular weight is 319 g/mol. The summed E-state index contributed by atoms with van der Waals surface area (Å²) in [5.74, 6) is 0. The van der Waals surface area contributed by atoms with Crippen LogP contribution in [0.3, 0.4) is 0 Å². The molecule has 0 aliphatic carbocycles. The lowest BCUT2D eigenvalue weighted by Crippen LogP contribution is -2.53. The van der Waals surface area contributed by atoms with E-state index in [9.17, 15) is 0 Å².